The molecule has 0 aliphatic rings. The van der Waals surface area contributed by atoms with E-state index in [9.17, 15) is 0 Å². The maximum absolute atomic E-state index is 6.37. The molecule has 0 amide bonds. The van der Waals surface area contributed by atoms with Crippen LogP contribution in [0.5, 0.6) is 0 Å². The van der Waals surface area contributed by atoms with Crippen molar-refractivity contribution in [1.82, 2.24) is 0 Å². The zero-order chi connectivity index (χ0) is 29.7. The summed E-state index contributed by atoms with van der Waals surface area (Å²) in [4.78, 5) is 2.42. The first-order chi connectivity index (χ1) is 22.3. The third-order valence-corrected chi connectivity index (χ3v) is 9.96. The minimum absolute atomic E-state index is 0.884. The number of furan rings is 1. The van der Waals surface area contributed by atoms with Gasteiger partial charge in [-0.3, -0.25) is 0 Å². The van der Waals surface area contributed by atoms with E-state index in [-0.39, 0.29) is 0 Å². The van der Waals surface area contributed by atoms with Gasteiger partial charge in [0.1, 0.15) is 11.2 Å². The highest BCUT2D eigenvalue weighted by molar-refractivity contribution is 7.27. The van der Waals surface area contributed by atoms with Gasteiger partial charge in [0.2, 0.25) is 0 Å². The number of rotatable bonds is 5. The van der Waals surface area contributed by atoms with Crippen molar-refractivity contribution in [3.63, 3.8) is 0 Å². The molecule has 0 aliphatic heterocycles. The molecule has 0 atom stereocenters. The van der Waals surface area contributed by atoms with Crippen LogP contribution < -0.4 is 4.90 Å². The van der Waals surface area contributed by atoms with E-state index in [1.165, 1.54) is 42.4 Å². The van der Waals surface area contributed by atoms with Crippen LogP contribution in [0, 0.1) is 0 Å². The number of hydrogen-bond acceptors (Lipinski definition) is 3. The predicted octanol–water partition coefficient (Wildman–Crippen LogP) is 12.8. The van der Waals surface area contributed by atoms with Gasteiger partial charge in [0, 0.05) is 26.5 Å². The predicted molar refractivity (Wildman–Crippen MR) is 192 cm³/mol. The molecule has 2 nitrogen and oxygen atoms in total. The van der Waals surface area contributed by atoms with Crippen LogP contribution in [0.25, 0.3) is 64.4 Å². The molecule has 7 aromatic carbocycles. The second-order valence-electron chi connectivity index (χ2n) is 11.3. The van der Waals surface area contributed by atoms with Crippen molar-refractivity contribution in [2.75, 3.05) is 4.90 Å². The lowest BCUT2D eigenvalue weighted by Gasteiger charge is -2.27. The molecular formula is C42H27NOS. The second kappa shape index (κ2) is 10.5. The molecular weight excluding hydrogens is 567 g/mol. The first-order valence-electron chi connectivity index (χ1n) is 15.2. The summed E-state index contributed by atoms with van der Waals surface area (Å²) in [6, 6.07) is 58.3. The molecule has 0 saturated heterocycles. The summed E-state index contributed by atoms with van der Waals surface area (Å²) in [6.07, 6.45) is 0. The number of thiophene rings is 1. The standard InChI is InChI=1S/C42H27NOS/c1-3-12-28(13-4-1)29-24-26-31(27-25-29)43(36-20-11-23-39-40(36)35-16-7-8-22-38(35)44-39)37-21-10-19-34-33-18-9-17-32(41(33)45-42(34)37)30-14-5-2-6-15-30/h1-27H. The molecule has 0 fully saturated rings. The van der Waals surface area contributed by atoms with E-state index in [4.69, 9.17) is 4.42 Å². The van der Waals surface area contributed by atoms with Gasteiger partial charge in [-0.25, -0.2) is 0 Å². The molecule has 0 aliphatic carbocycles. The van der Waals surface area contributed by atoms with Gasteiger partial charge < -0.3 is 9.32 Å². The molecule has 0 unspecified atom stereocenters. The third kappa shape index (κ3) is 4.24. The summed E-state index contributed by atoms with van der Waals surface area (Å²) < 4.78 is 8.93. The Morgan fingerprint density at radius 1 is 0.400 bits per heavy atom. The zero-order valence-corrected chi connectivity index (χ0v) is 25.2. The van der Waals surface area contributed by atoms with E-state index in [1.807, 2.05) is 17.4 Å². The Bertz CT molecular complexity index is 2470. The fourth-order valence-corrected chi connectivity index (χ4v) is 7.95. The zero-order valence-electron chi connectivity index (χ0n) is 24.4. The molecule has 2 aromatic heterocycles. The van der Waals surface area contributed by atoms with Crippen molar-refractivity contribution in [3.8, 4) is 22.3 Å². The molecule has 0 bridgehead atoms. The molecule has 2 heterocycles. The average molecular weight is 594 g/mol. The maximum Gasteiger partial charge on any atom is 0.137 e. The monoisotopic (exact) mass is 593 g/mol. The Balaban J connectivity index is 1.32. The number of para-hydroxylation sites is 1. The van der Waals surface area contributed by atoms with Gasteiger partial charge >= 0.3 is 0 Å². The topological polar surface area (TPSA) is 16.4 Å². The Morgan fingerprint density at radius 3 is 1.78 bits per heavy atom. The highest BCUT2D eigenvalue weighted by Crippen LogP contribution is 2.49. The number of benzene rings is 7. The van der Waals surface area contributed by atoms with Gasteiger partial charge in [-0.05, 0) is 58.7 Å². The van der Waals surface area contributed by atoms with E-state index in [1.54, 1.807) is 0 Å². The van der Waals surface area contributed by atoms with E-state index >= 15 is 0 Å². The minimum Gasteiger partial charge on any atom is -0.456 e. The van der Waals surface area contributed by atoms with Crippen LogP contribution in [-0.2, 0) is 0 Å². The van der Waals surface area contributed by atoms with Gasteiger partial charge in [0.15, 0.2) is 0 Å². The maximum atomic E-state index is 6.37. The van der Waals surface area contributed by atoms with Gasteiger partial charge in [-0.1, -0.05) is 127 Å². The lowest BCUT2D eigenvalue weighted by molar-refractivity contribution is 0.669. The lowest BCUT2D eigenvalue weighted by atomic mass is 10.0. The van der Waals surface area contributed by atoms with Crippen molar-refractivity contribution < 1.29 is 4.42 Å². The van der Waals surface area contributed by atoms with Crippen LogP contribution in [0.4, 0.5) is 17.1 Å². The molecule has 9 aromatic rings. The van der Waals surface area contributed by atoms with E-state index < -0.39 is 0 Å². The third-order valence-electron chi connectivity index (χ3n) is 8.68. The minimum atomic E-state index is 0.884. The smallest absolute Gasteiger partial charge is 0.137 e. The Kier molecular flexibility index (Phi) is 6.03. The number of anilines is 3. The molecule has 0 saturated carbocycles. The quantitative estimate of drug-likeness (QED) is 0.197. The molecule has 0 N–H and O–H groups in total. The summed E-state index contributed by atoms with van der Waals surface area (Å²) in [6.45, 7) is 0. The highest BCUT2D eigenvalue weighted by atomic mass is 32.1. The normalized spacial score (nSPS) is 11.6. The number of fused-ring (bicyclic) bond motifs is 6. The Labute approximate surface area is 265 Å². The van der Waals surface area contributed by atoms with E-state index in [0.717, 1.165) is 39.0 Å². The van der Waals surface area contributed by atoms with E-state index in [0.29, 0.717) is 0 Å². The van der Waals surface area contributed by atoms with Crippen molar-refractivity contribution >= 4 is 70.5 Å². The fraction of sp³-hybridized carbons (Fsp3) is 0. The Morgan fingerprint density at radius 2 is 0.978 bits per heavy atom. The SMILES string of the molecule is c1ccc(-c2ccc(N(c3cccc4c3sc3c(-c5ccccc5)cccc34)c3cccc4oc5ccccc5c34)cc2)cc1. The molecule has 45 heavy (non-hydrogen) atoms. The van der Waals surface area contributed by atoms with Gasteiger partial charge in [-0.15, -0.1) is 11.3 Å². The molecule has 0 radical (unpaired) electrons. The van der Waals surface area contributed by atoms with Crippen LogP contribution in [0.15, 0.2) is 168 Å². The first-order valence-corrected chi connectivity index (χ1v) is 16.0. The van der Waals surface area contributed by atoms with Crippen LogP contribution >= 0.6 is 11.3 Å². The number of hydrogen-bond donors (Lipinski definition) is 0. The van der Waals surface area contributed by atoms with Crippen LogP contribution in [0.1, 0.15) is 0 Å². The van der Waals surface area contributed by atoms with Gasteiger partial charge in [0.25, 0.3) is 0 Å². The second-order valence-corrected chi connectivity index (χ2v) is 12.3. The summed E-state index contributed by atoms with van der Waals surface area (Å²) in [5, 5.41) is 4.78. The largest absolute Gasteiger partial charge is 0.456 e. The first kappa shape index (κ1) is 25.8. The lowest BCUT2D eigenvalue weighted by Crippen LogP contribution is -2.10. The van der Waals surface area contributed by atoms with Crippen LogP contribution in [-0.4, -0.2) is 0 Å². The van der Waals surface area contributed by atoms with Crippen molar-refractivity contribution in [2.45, 2.75) is 0 Å². The summed E-state index contributed by atoms with van der Waals surface area (Å²) in [7, 11) is 0. The average Bonchev–Trinajstić information content (AvgIpc) is 3.69. The molecule has 3 heteroatoms. The van der Waals surface area contributed by atoms with Crippen molar-refractivity contribution in [1.29, 1.82) is 0 Å². The fourth-order valence-electron chi connectivity index (χ4n) is 6.61. The van der Waals surface area contributed by atoms with Crippen molar-refractivity contribution in [2.24, 2.45) is 0 Å². The Hall–Kier alpha value is -5.64. The summed E-state index contributed by atoms with van der Waals surface area (Å²) in [5.41, 5.74) is 10.0. The van der Waals surface area contributed by atoms with E-state index in [2.05, 4.69) is 163 Å². The molecule has 212 valence electrons. The summed E-state index contributed by atoms with van der Waals surface area (Å²) in [5.74, 6) is 0. The van der Waals surface area contributed by atoms with Gasteiger partial charge in [-0.2, -0.15) is 0 Å². The summed E-state index contributed by atoms with van der Waals surface area (Å²) >= 11 is 1.87. The number of nitrogens with zero attached hydrogens (tertiary/aromatic N) is 1. The molecule has 9 rings (SSSR count). The van der Waals surface area contributed by atoms with Crippen molar-refractivity contribution in [3.05, 3.63) is 164 Å². The molecule has 0 spiro atoms. The van der Waals surface area contributed by atoms with Gasteiger partial charge in [0.05, 0.1) is 21.5 Å². The van der Waals surface area contributed by atoms with Crippen LogP contribution in [0.2, 0.25) is 0 Å². The highest BCUT2D eigenvalue weighted by Gasteiger charge is 2.22. The van der Waals surface area contributed by atoms with Crippen LogP contribution in [0.3, 0.4) is 0 Å².